The molecular formula is C31H33Cl2N3O5S. The standard InChI is InChI=1S/C31H33Cl2N3O5S/c1-38-24-11-18(30(37)39-2)12-25-28(24)34-31(42-25)36-13-17-8-9-20(10-19(17)14-36)40-15-21-27(35-41-29(21)16-6-7-16)26-22(32)4-3-5-23(26)33/h3-5,12,16-17,19-20,24H,6-11,13-15H2,1-2H3/t17?,19-,20-,24?/m1/s1. The van der Waals surface area contributed by atoms with Crippen LogP contribution in [0.3, 0.4) is 0 Å². The summed E-state index contributed by atoms with van der Waals surface area (Å²) < 4.78 is 23.1. The van der Waals surface area contributed by atoms with Crippen molar-refractivity contribution in [2.75, 3.05) is 32.2 Å². The highest BCUT2D eigenvalue weighted by molar-refractivity contribution is 7.16. The third-order valence-corrected chi connectivity index (χ3v) is 10.8. The second-order valence-electron chi connectivity index (χ2n) is 11.8. The molecule has 3 heterocycles. The van der Waals surface area contributed by atoms with Gasteiger partial charge in [-0.25, -0.2) is 9.78 Å². The Morgan fingerprint density at radius 1 is 1.12 bits per heavy atom. The second-order valence-corrected chi connectivity index (χ2v) is 13.6. The first-order chi connectivity index (χ1) is 20.4. The zero-order chi connectivity index (χ0) is 29.0. The van der Waals surface area contributed by atoms with Crippen molar-refractivity contribution >= 4 is 51.7 Å². The van der Waals surface area contributed by atoms with Crippen molar-refractivity contribution in [3.05, 3.63) is 55.7 Å². The third kappa shape index (κ3) is 5.28. The van der Waals surface area contributed by atoms with Crippen molar-refractivity contribution in [3.63, 3.8) is 0 Å². The maximum atomic E-state index is 12.2. The maximum absolute atomic E-state index is 12.2. The monoisotopic (exact) mass is 629 g/mol. The van der Waals surface area contributed by atoms with Gasteiger partial charge in [-0.05, 0) is 62.1 Å². The summed E-state index contributed by atoms with van der Waals surface area (Å²) in [7, 11) is 3.07. The summed E-state index contributed by atoms with van der Waals surface area (Å²) in [5, 5.41) is 6.53. The van der Waals surface area contributed by atoms with E-state index in [0.29, 0.717) is 57.7 Å². The summed E-state index contributed by atoms with van der Waals surface area (Å²) >= 11 is 14.7. The molecular weight excluding hydrogens is 597 g/mol. The lowest BCUT2D eigenvalue weighted by Gasteiger charge is -2.30. The molecule has 11 heteroatoms. The van der Waals surface area contributed by atoms with Crippen LogP contribution >= 0.6 is 34.5 Å². The molecule has 2 saturated carbocycles. The molecule has 8 nitrogen and oxygen atoms in total. The molecule has 1 aromatic carbocycles. The van der Waals surface area contributed by atoms with Gasteiger partial charge in [0.15, 0.2) is 5.13 Å². The lowest BCUT2D eigenvalue weighted by molar-refractivity contribution is -0.136. The first kappa shape index (κ1) is 28.3. The molecule has 0 amide bonds. The maximum Gasteiger partial charge on any atom is 0.333 e. The molecule has 0 spiro atoms. The van der Waals surface area contributed by atoms with E-state index in [1.807, 2.05) is 24.3 Å². The number of hydrogen-bond acceptors (Lipinski definition) is 9. The summed E-state index contributed by atoms with van der Waals surface area (Å²) in [6.45, 7) is 2.37. The number of esters is 1. The Kier molecular flexibility index (Phi) is 7.81. The van der Waals surface area contributed by atoms with Gasteiger partial charge < -0.3 is 23.6 Å². The molecule has 0 bridgehead atoms. The Morgan fingerprint density at radius 2 is 1.90 bits per heavy atom. The minimum Gasteiger partial charge on any atom is -0.466 e. The lowest BCUT2D eigenvalue weighted by atomic mass is 9.80. The molecule has 0 N–H and O–H groups in total. The predicted molar refractivity (Wildman–Crippen MR) is 162 cm³/mol. The van der Waals surface area contributed by atoms with Crippen molar-refractivity contribution in [2.45, 2.75) is 63.3 Å². The number of aromatic nitrogens is 2. The highest BCUT2D eigenvalue weighted by Gasteiger charge is 2.41. The molecule has 4 aliphatic rings. The minimum atomic E-state index is -0.312. The summed E-state index contributed by atoms with van der Waals surface area (Å²) in [5.74, 6) is 2.14. The van der Waals surface area contributed by atoms with Crippen LogP contribution in [0.2, 0.25) is 10.0 Å². The van der Waals surface area contributed by atoms with Gasteiger partial charge in [0.05, 0.1) is 40.4 Å². The number of carbonyl (C=O) groups is 1. The smallest absolute Gasteiger partial charge is 0.333 e. The number of methoxy groups -OCH3 is 2. The van der Waals surface area contributed by atoms with Crippen LogP contribution in [0.15, 0.2) is 28.3 Å². The fraction of sp³-hybridized carbons (Fsp3) is 0.516. The number of halogens is 2. The van der Waals surface area contributed by atoms with E-state index in [9.17, 15) is 4.79 Å². The second kappa shape index (κ2) is 11.6. The van der Waals surface area contributed by atoms with Gasteiger partial charge >= 0.3 is 5.97 Å². The number of benzene rings is 1. The van der Waals surface area contributed by atoms with E-state index >= 15 is 0 Å². The first-order valence-corrected chi connectivity index (χ1v) is 16.1. The number of fused-ring (bicyclic) bond motifs is 2. The van der Waals surface area contributed by atoms with E-state index < -0.39 is 0 Å². The van der Waals surface area contributed by atoms with Crippen LogP contribution in [0, 0.1) is 11.8 Å². The van der Waals surface area contributed by atoms with E-state index in [-0.39, 0.29) is 18.2 Å². The Balaban J connectivity index is 1.04. The van der Waals surface area contributed by atoms with Crippen LogP contribution < -0.4 is 4.90 Å². The predicted octanol–water partition coefficient (Wildman–Crippen LogP) is 7.45. The fourth-order valence-electron chi connectivity index (χ4n) is 6.73. The highest BCUT2D eigenvalue weighted by atomic mass is 35.5. The van der Waals surface area contributed by atoms with Crippen LogP contribution in [-0.4, -0.2) is 49.5 Å². The van der Waals surface area contributed by atoms with E-state index in [1.54, 1.807) is 18.4 Å². The van der Waals surface area contributed by atoms with Crippen molar-refractivity contribution < 1.29 is 23.5 Å². The van der Waals surface area contributed by atoms with Gasteiger partial charge in [-0.1, -0.05) is 45.8 Å². The quantitative estimate of drug-likeness (QED) is 0.237. The molecule has 0 radical (unpaired) electrons. The third-order valence-electron chi connectivity index (χ3n) is 9.12. The first-order valence-electron chi connectivity index (χ1n) is 14.5. The number of hydrogen-bond donors (Lipinski definition) is 0. The van der Waals surface area contributed by atoms with Gasteiger partial charge in [-0.2, -0.15) is 0 Å². The Bertz CT molecular complexity index is 1510. The zero-order valence-electron chi connectivity index (χ0n) is 23.6. The summed E-state index contributed by atoms with van der Waals surface area (Å²) in [5.41, 5.74) is 3.92. The van der Waals surface area contributed by atoms with E-state index in [4.69, 9.17) is 46.9 Å². The molecule has 4 atom stereocenters. The normalized spacial score (nSPS) is 25.2. The molecule has 1 aliphatic heterocycles. The van der Waals surface area contributed by atoms with Crippen LogP contribution in [-0.2, 0) is 25.6 Å². The average molecular weight is 631 g/mol. The van der Waals surface area contributed by atoms with Gasteiger partial charge in [0.25, 0.3) is 0 Å². The van der Waals surface area contributed by atoms with Gasteiger partial charge in [0.2, 0.25) is 0 Å². The van der Waals surface area contributed by atoms with Gasteiger partial charge in [-0.3, -0.25) is 0 Å². The average Bonchev–Trinajstić information content (AvgIpc) is 3.40. The topological polar surface area (TPSA) is 86.9 Å². The van der Waals surface area contributed by atoms with Crippen molar-refractivity contribution in [2.24, 2.45) is 11.8 Å². The largest absolute Gasteiger partial charge is 0.466 e. The van der Waals surface area contributed by atoms with E-state index in [1.165, 1.54) is 7.11 Å². The van der Waals surface area contributed by atoms with Crippen molar-refractivity contribution in [3.8, 4) is 11.3 Å². The Morgan fingerprint density at radius 3 is 2.64 bits per heavy atom. The molecule has 3 fully saturated rings. The minimum absolute atomic E-state index is 0.163. The number of carbonyl (C=O) groups excluding carboxylic acids is 1. The fourth-order valence-corrected chi connectivity index (χ4v) is 8.41. The molecule has 2 aromatic heterocycles. The van der Waals surface area contributed by atoms with Crippen LogP contribution in [0.4, 0.5) is 5.13 Å². The number of nitrogens with zero attached hydrogens (tertiary/aromatic N) is 3. The Labute approximate surface area is 258 Å². The number of ether oxygens (including phenoxy) is 3. The lowest BCUT2D eigenvalue weighted by Crippen LogP contribution is -2.28. The molecule has 3 aliphatic carbocycles. The summed E-state index contributed by atoms with van der Waals surface area (Å²) in [4.78, 5) is 20.6. The van der Waals surface area contributed by atoms with Crippen molar-refractivity contribution in [1.82, 2.24) is 10.1 Å². The van der Waals surface area contributed by atoms with Crippen LogP contribution in [0.5, 0.6) is 0 Å². The van der Waals surface area contributed by atoms with Gasteiger partial charge in [-0.15, -0.1) is 0 Å². The molecule has 1 saturated heterocycles. The summed E-state index contributed by atoms with van der Waals surface area (Å²) in [6, 6.07) is 5.49. The van der Waals surface area contributed by atoms with E-state index in [0.717, 1.165) is 72.2 Å². The van der Waals surface area contributed by atoms with Gasteiger partial charge in [0.1, 0.15) is 17.6 Å². The van der Waals surface area contributed by atoms with Crippen molar-refractivity contribution in [1.29, 1.82) is 0 Å². The van der Waals surface area contributed by atoms with Crippen LogP contribution in [0.1, 0.15) is 72.4 Å². The molecule has 2 unspecified atom stereocenters. The number of anilines is 1. The highest BCUT2D eigenvalue weighted by Crippen LogP contribution is 2.47. The molecule has 3 aromatic rings. The zero-order valence-corrected chi connectivity index (χ0v) is 25.9. The van der Waals surface area contributed by atoms with Gasteiger partial charge in [0, 0.05) is 49.2 Å². The Hall–Kier alpha value is -2.43. The molecule has 7 rings (SSSR count). The van der Waals surface area contributed by atoms with Crippen LogP contribution in [0.25, 0.3) is 17.3 Å². The SMILES string of the molecule is COC(=O)C1=Cc2sc(N3CC4CC[C@@H](OCc5c(-c6c(Cl)cccc6Cl)noc5C5CC5)C[C@@H]4C3)nc2C(OC)C1. The molecule has 42 heavy (non-hydrogen) atoms. The summed E-state index contributed by atoms with van der Waals surface area (Å²) in [6.07, 6.45) is 7.66. The van der Waals surface area contributed by atoms with E-state index in [2.05, 4.69) is 10.1 Å². The number of thiazole rings is 1. The number of rotatable bonds is 8. The molecule has 222 valence electrons.